The van der Waals surface area contributed by atoms with Crippen LogP contribution in [-0.2, 0) is 11.3 Å². The van der Waals surface area contributed by atoms with Gasteiger partial charge in [-0.3, -0.25) is 4.79 Å². The fraction of sp³-hybridized carbons (Fsp3) is 0.227. The molecule has 4 aromatic rings. The molecule has 0 aliphatic carbocycles. The molecule has 0 spiro atoms. The molecule has 2 aromatic carbocycles. The second kappa shape index (κ2) is 7.39. The average molecular weight is 442 g/mol. The molecular weight excluding hydrogens is 425 g/mol. The molecule has 9 heteroatoms. The molecule has 1 N–H and O–H groups in total. The van der Waals surface area contributed by atoms with Gasteiger partial charge in [0.25, 0.3) is 5.89 Å². The highest BCUT2D eigenvalue weighted by atomic mass is 35.5. The number of benzene rings is 2. The minimum Gasteiger partial charge on any atom is -0.494 e. The van der Waals surface area contributed by atoms with E-state index in [9.17, 15) is 14.3 Å². The third-order valence-corrected chi connectivity index (χ3v) is 6.03. The molecule has 0 bridgehead atoms. The van der Waals surface area contributed by atoms with E-state index >= 15 is 0 Å². The van der Waals surface area contributed by atoms with Crippen LogP contribution < -0.4 is 4.74 Å². The number of carboxylic acids is 1. The number of nitrogens with zero attached hydrogens (tertiary/aromatic N) is 3. The number of carbonyl (C=O) groups is 1. The summed E-state index contributed by atoms with van der Waals surface area (Å²) in [5, 5.41) is 14.6. The normalized spacial score (nSPS) is 15.4. The maximum Gasteiger partial charge on any atom is 0.304 e. The predicted octanol–water partition coefficient (Wildman–Crippen LogP) is 5.12. The molecular formula is C22H17ClFN3O4. The zero-order chi connectivity index (χ0) is 21.7. The number of hydrogen-bond acceptors (Lipinski definition) is 5. The second-order valence-corrected chi connectivity index (χ2v) is 7.82. The zero-order valence-corrected chi connectivity index (χ0v) is 17.2. The highest BCUT2D eigenvalue weighted by Crippen LogP contribution is 2.43. The molecule has 0 fully saturated rings. The summed E-state index contributed by atoms with van der Waals surface area (Å²) in [4.78, 5) is 15.6. The number of ether oxygens (including phenoxy) is 1. The van der Waals surface area contributed by atoms with E-state index in [2.05, 4.69) is 14.7 Å². The number of aliphatic carboxylic acids is 1. The fourth-order valence-electron chi connectivity index (χ4n) is 4.20. The van der Waals surface area contributed by atoms with Crippen molar-refractivity contribution in [2.24, 2.45) is 0 Å². The van der Waals surface area contributed by atoms with Crippen molar-refractivity contribution in [2.75, 3.05) is 7.11 Å². The van der Waals surface area contributed by atoms with Crippen LogP contribution in [0.4, 0.5) is 4.39 Å². The van der Waals surface area contributed by atoms with Gasteiger partial charge in [0.05, 0.1) is 18.6 Å². The average Bonchev–Trinajstić information content (AvgIpc) is 3.45. The number of carboxylic acid groups (broad SMARTS) is 1. The Labute approximate surface area is 181 Å². The lowest BCUT2D eigenvalue weighted by molar-refractivity contribution is -0.137. The summed E-state index contributed by atoms with van der Waals surface area (Å²) in [5.41, 5.74) is 2.93. The van der Waals surface area contributed by atoms with Crippen LogP contribution >= 0.6 is 11.6 Å². The van der Waals surface area contributed by atoms with Gasteiger partial charge in [-0.25, -0.2) is 4.39 Å². The van der Waals surface area contributed by atoms with Crippen molar-refractivity contribution in [3.8, 4) is 28.6 Å². The summed E-state index contributed by atoms with van der Waals surface area (Å²) in [5.74, 6) is -0.808. The van der Waals surface area contributed by atoms with Gasteiger partial charge in [-0.15, -0.1) is 0 Å². The summed E-state index contributed by atoms with van der Waals surface area (Å²) >= 11 is 6.66. The van der Waals surface area contributed by atoms with E-state index in [1.807, 2.05) is 18.2 Å². The van der Waals surface area contributed by atoms with Crippen LogP contribution in [-0.4, -0.2) is 32.9 Å². The van der Waals surface area contributed by atoms with Crippen molar-refractivity contribution in [3.05, 3.63) is 52.9 Å². The Hall–Kier alpha value is -3.39. The Morgan fingerprint density at radius 1 is 1.32 bits per heavy atom. The van der Waals surface area contributed by atoms with E-state index in [0.29, 0.717) is 22.0 Å². The van der Waals surface area contributed by atoms with Crippen LogP contribution in [0.3, 0.4) is 0 Å². The highest BCUT2D eigenvalue weighted by molar-refractivity contribution is 6.36. The highest BCUT2D eigenvalue weighted by Gasteiger charge is 2.30. The topological polar surface area (TPSA) is 90.4 Å². The van der Waals surface area contributed by atoms with Gasteiger partial charge < -0.3 is 18.9 Å². The lowest BCUT2D eigenvalue weighted by Crippen LogP contribution is -2.03. The largest absolute Gasteiger partial charge is 0.494 e. The SMILES string of the molecule is COc1ccc(-c2nc(-c3ccc4c(c3)c(Cl)c3n4CCC3CC(=O)O)no2)cc1F. The monoisotopic (exact) mass is 441 g/mol. The molecule has 1 aliphatic heterocycles. The van der Waals surface area contributed by atoms with Gasteiger partial charge in [0, 0.05) is 40.2 Å². The molecule has 31 heavy (non-hydrogen) atoms. The van der Waals surface area contributed by atoms with Gasteiger partial charge in [-0.1, -0.05) is 16.8 Å². The van der Waals surface area contributed by atoms with Gasteiger partial charge >= 0.3 is 5.97 Å². The number of fused-ring (bicyclic) bond motifs is 3. The standard InChI is InChI=1S/C22H17ClFN3O4/c1-30-17-5-3-13(9-15(17)24)22-25-21(26-31-22)12-2-4-16-14(8-12)19(23)20-11(10-18(28)29)6-7-27(16)20/h2-5,8-9,11H,6-7,10H2,1H3,(H,28,29). The minimum absolute atomic E-state index is 0.0511. The first-order valence-corrected chi connectivity index (χ1v) is 10.1. The molecule has 1 aliphatic rings. The number of aromatic nitrogens is 3. The Morgan fingerprint density at radius 2 is 2.13 bits per heavy atom. The number of rotatable bonds is 5. The maximum absolute atomic E-state index is 14.0. The summed E-state index contributed by atoms with van der Waals surface area (Å²) in [6.45, 7) is 0.727. The quantitative estimate of drug-likeness (QED) is 0.462. The second-order valence-electron chi connectivity index (χ2n) is 7.44. The number of halogens is 2. The van der Waals surface area contributed by atoms with Gasteiger partial charge in [-0.05, 0) is 42.8 Å². The Morgan fingerprint density at radius 3 is 2.87 bits per heavy atom. The molecule has 0 amide bonds. The lowest BCUT2D eigenvalue weighted by atomic mass is 10.00. The van der Waals surface area contributed by atoms with Crippen LogP contribution in [0, 0.1) is 5.82 Å². The Kier molecular flexibility index (Phi) is 4.66. The first kappa shape index (κ1) is 19.6. The van der Waals surface area contributed by atoms with Crippen molar-refractivity contribution < 1.29 is 23.6 Å². The smallest absolute Gasteiger partial charge is 0.304 e. The van der Waals surface area contributed by atoms with E-state index < -0.39 is 11.8 Å². The van der Waals surface area contributed by atoms with Gasteiger partial charge in [0.15, 0.2) is 11.6 Å². The van der Waals surface area contributed by atoms with E-state index in [4.69, 9.17) is 20.9 Å². The number of methoxy groups -OCH3 is 1. The van der Waals surface area contributed by atoms with Crippen molar-refractivity contribution in [1.29, 1.82) is 0 Å². The van der Waals surface area contributed by atoms with Crippen molar-refractivity contribution >= 4 is 28.5 Å². The molecule has 2 aromatic heterocycles. The predicted molar refractivity (Wildman–Crippen MR) is 112 cm³/mol. The van der Waals surface area contributed by atoms with E-state index in [1.54, 1.807) is 6.07 Å². The van der Waals surface area contributed by atoms with Crippen LogP contribution in [0.15, 0.2) is 40.9 Å². The summed E-state index contributed by atoms with van der Waals surface area (Å²) < 4.78 is 26.3. The Bertz CT molecular complexity index is 1330. The first-order chi connectivity index (χ1) is 15.0. The zero-order valence-electron chi connectivity index (χ0n) is 16.4. The molecule has 5 rings (SSSR count). The molecule has 1 unspecified atom stereocenters. The minimum atomic E-state index is -0.838. The van der Waals surface area contributed by atoms with Crippen molar-refractivity contribution in [3.63, 3.8) is 0 Å². The molecule has 158 valence electrons. The number of hydrogen-bond donors (Lipinski definition) is 1. The maximum atomic E-state index is 14.0. The Balaban J connectivity index is 1.52. The molecule has 1 atom stereocenters. The molecule has 0 radical (unpaired) electrons. The van der Waals surface area contributed by atoms with Gasteiger partial charge in [0.1, 0.15) is 0 Å². The summed E-state index contributed by atoms with van der Waals surface area (Å²) in [7, 11) is 1.39. The molecule has 0 saturated heterocycles. The molecule has 0 saturated carbocycles. The van der Waals surface area contributed by atoms with Crippen LogP contribution in [0.2, 0.25) is 5.02 Å². The van der Waals surface area contributed by atoms with Crippen LogP contribution in [0.25, 0.3) is 33.7 Å². The van der Waals surface area contributed by atoms with E-state index in [0.717, 1.165) is 29.6 Å². The summed E-state index contributed by atoms with van der Waals surface area (Å²) in [6, 6.07) is 10.1. The van der Waals surface area contributed by atoms with Crippen LogP contribution in [0.1, 0.15) is 24.5 Å². The fourth-order valence-corrected chi connectivity index (χ4v) is 4.61. The van der Waals surface area contributed by atoms with Crippen LogP contribution in [0.5, 0.6) is 5.75 Å². The molecule has 7 nitrogen and oxygen atoms in total. The van der Waals surface area contributed by atoms with Crippen molar-refractivity contribution in [2.45, 2.75) is 25.3 Å². The van der Waals surface area contributed by atoms with E-state index in [-0.39, 0.29) is 24.0 Å². The van der Waals surface area contributed by atoms with Crippen molar-refractivity contribution in [1.82, 2.24) is 14.7 Å². The lowest BCUT2D eigenvalue weighted by Gasteiger charge is -2.06. The number of aryl methyl sites for hydroxylation is 1. The third-order valence-electron chi connectivity index (χ3n) is 5.63. The van der Waals surface area contributed by atoms with E-state index in [1.165, 1.54) is 19.2 Å². The van der Waals surface area contributed by atoms with Gasteiger partial charge in [0.2, 0.25) is 5.82 Å². The first-order valence-electron chi connectivity index (χ1n) is 9.67. The summed E-state index contributed by atoms with van der Waals surface area (Å²) in [6.07, 6.45) is 0.807. The third kappa shape index (κ3) is 3.23. The molecule has 3 heterocycles. The van der Waals surface area contributed by atoms with Gasteiger partial charge in [-0.2, -0.15) is 4.98 Å².